The fourth-order valence-electron chi connectivity index (χ4n) is 2.86. The summed E-state index contributed by atoms with van der Waals surface area (Å²) in [6.45, 7) is 5.26. The first-order valence-corrected chi connectivity index (χ1v) is 8.21. The number of aryl methyl sites for hydroxylation is 1. The number of carbonyl (C=O) groups excluding carboxylic acids is 2. The first kappa shape index (κ1) is 16.9. The van der Waals surface area contributed by atoms with Gasteiger partial charge < -0.3 is 10.1 Å². The van der Waals surface area contributed by atoms with Gasteiger partial charge in [0.15, 0.2) is 5.82 Å². The maximum absolute atomic E-state index is 11.9. The molecular formula is C17H21N5O3. The third-order valence-corrected chi connectivity index (χ3v) is 4.18. The lowest BCUT2D eigenvalue weighted by Gasteiger charge is -2.12. The van der Waals surface area contributed by atoms with Crippen LogP contribution in [0.4, 0.5) is 4.79 Å². The van der Waals surface area contributed by atoms with Gasteiger partial charge in [-0.25, -0.2) is 14.5 Å². The second-order valence-electron chi connectivity index (χ2n) is 5.88. The molecule has 2 aromatic rings. The average molecular weight is 343 g/mol. The molecule has 3 heterocycles. The van der Waals surface area contributed by atoms with Gasteiger partial charge in [-0.2, -0.15) is 5.10 Å². The van der Waals surface area contributed by atoms with Crippen LogP contribution >= 0.6 is 0 Å². The number of ether oxygens (including phenoxy) is 1. The van der Waals surface area contributed by atoms with E-state index in [-0.39, 0.29) is 12.5 Å². The second-order valence-corrected chi connectivity index (χ2v) is 5.88. The number of aromatic nitrogens is 3. The second kappa shape index (κ2) is 7.33. The smallest absolute Gasteiger partial charge is 0.410 e. The molecule has 8 heteroatoms. The van der Waals surface area contributed by atoms with E-state index >= 15 is 0 Å². The molecule has 0 radical (unpaired) electrons. The van der Waals surface area contributed by atoms with Crippen molar-refractivity contribution < 1.29 is 14.3 Å². The van der Waals surface area contributed by atoms with Gasteiger partial charge >= 0.3 is 6.09 Å². The minimum Gasteiger partial charge on any atom is -0.448 e. The van der Waals surface area contributed by atoms with E-state index in [0.717, 1.165) is 22.8 Å². The predicted octanol–water partition coefficient (Wildman–Crippen LogP) is 0.995. The van der Waals surface area contributed by atoms with Crippen LogP contribution in [0.2, 0.25) is 0 Å². The van der Waals surface area contributed by atoms with E-state index in [0.29, 0.717) is 26.1 Å². The molecule has 0 unspecified atom stereocenters. The van der Waals surface area contributed by atoms with E-state index < -0.39 is 6.09 Å². The molecule has 2 amide bonds. The van der Waals surface area contributed by atoms with Gasteiger partial charge in [0.2, 0.25) is 5.91 Å². The highest BCUT2D eigenvalue weighted by molar-refractivity contribution is 5.82. The van der Waals surface area contributed by atoms with E-state index in [4.69, 9.17) is 4.74 Å². The molecule has 132 valence electrons. The number of hydrogen-bond acceptors (Lipinski definition) is 5. The Kier molecular flexibility index (Phi) is 4.97. The van der Waals surface area contributed by atoms with Gasteiger partial charge in [0.1, 0.15) is 13.2 Å². The van der Waals surface area contributed by atoms with Gasteiger partial charge in [-0.3, -0.25) is 9.69 Å². The summed E-state index contributed by atoms with van der Waals surface area (Å²) < 4.78 is 6.62. The lowest BCUT2D eigenvalue weighted by Crippen LogP contribution is -2.38. The molecule has 0 aliphatic carbocycles. The quantitative estimate of drug-likeness (QED) is 0.845. The van der Waals surface area contributed by atoms with Crippen molar-refractivity contribution in [2.24, 2.45) is 0 Å². The average Bonchev–Trinajstić information content (AvgIpc) is 3.13. The van der Waals surface area contributed by atoms with Crippen LogP contribution in [-0.4, -0.2) is 57.9 Å². The molecule has 25 heavy (non-hydrogen) atoms. The standard InChI is InChI=1S/C17H21N5O3/c1-12-14(13(2)22(20-12)15-5-3-4-7-18-15)6-8-19-16(23)11-21-9-10-25-17(21)24/h3-5,7H,6,8-11H2,1-2H3,(H,19,23). The van der Waals surface area contributed by atoms with E-state index in [1.807, 2.05) is 36.7 Å². The van der Waals surface area contributed by atoms with Crippen LogP contribution in [0.3, 0.4) is 0 Å². The van der Waals surface area contributed by atoms with Crippen molar-refractivity contribution in [2.45, 2.75) is 20.3 Å². The van der Waals surface area contributed by atoms with Gasteiger partial charge in [0, 0.05) is 18.4 Å². The van der Waals surface area contributed by atoms with Crippen molar-refractivity contribution >= 4 is 12.0 Å². The molecule has 8 nitrogen and oxygen atoms in total. The number of amides is 2. The summed E-state index contributed by atoms with van der Waals surface area (Å²) in [5.74, 6) is 0.581. The molecule has 1 saturated heterocycles. The fourth-order valence-corrected chi connectivity index (χ4v) is 2.86. The van der Waals surface area contributed by atoms with Crippen LogP contribution in [-0.2, 0) is 16.0 Å². The molecule has 0 saturated carbocycles. The third kappa shape index (κ3) is 3.78. The Morgan fingerprint density at radius 3 is 2.88 bits per heavy atom. The third-order valence-electron chi connectivity index (χ3n) is 4.18. The number of cyclic esters (lactones) is 1. The van der Waals surface area contributed by atoms with Crippen molar-refractivity contribution in [3.63, 3.8) is 0 Å². The zero-order chi connectivity index (χ0) is 17.8. The SMILES string of the molecule is Cc1nn(-c2ccccn2)c(C)c1CCNC(=O)CN1CCOC1=O. The van der Waals surface area contributed by atoms with Crippen LogP contribution in [0, 0.1) is 13.8 Å². The highest BCUT2D eigenvalue weighted by atomic mass is 16.6. The fraction of sp³-hybridized carbons (Fsp3) is 0.412. The number of pyridine rings is 1. The van der Waals surface area contributed by atoms with Crippen molar-refractivity contribution in [1.29, 1.82) is 0 Å². The molecule has 1 aliphatic rings. The molecule has 0 bridgehead atoms. The van der Waals surface area contributed by atoms with Crippen LogP contribution in [0.1, 0.15) is 17.0 Å². The topological polar surface area (TPSA) is 89.3 Å². The summed E-state index contributed by atoms with van der Waals surface area (Å²) in [5.41, 5.74) is 3.01. The summed E-state index contributed by atoms with van der Waals surface area (Å²) >= 11 is 0. The van der Waals surface area contributed by atoms with Gasteiger partial charge in [0.05, 0.1) is 12.2 Å². The van der Waals surface area contributed by atoms with Crippen molar-refractivity contribution in [3.05, 3.63) is 41.3 Å². The number of hydrogen-bond donors (Lipinski definition) is 1. The van der Waals surface area contributed by atoms with Gasteiger partial charge in [-0.1, -0.05) is 6.07 Å². The predicted molar refractivity (Wildman–Crippen MR) is 90.5 cm³/mol. The Labute approximate surface area is 145 Å². The minimum atomic E-state index is -0.432. The summed E-state index contributed by atoms with van der Waals surface area (Å²) in [6, 6.07) is 5.68. The Bertz CT molecular complexity index is 772. The Balaban J connectivity index is 1.57. The maximum Gasteiger partial charge on any atom is 0.410 e. The number of rotatable bonds is 6. The molecule has 0 spiro atoms. The Hall–Kier alpha value is -2.90. The Morgan fingerprint density at radius 2 is 2.20 bits per heavy atom. The van der Waals surface area contributed by atoms with Crippen LogP contribution in [0.25, 0.3) is 5.82 Å². The maximum atomic E-state index is 11.9. The molecule has 0 aromatic carbocycles. The van der Waals surface area contributed by atoms with Crippen molar-refractivity contribution in [1.82, 2.24) is 25.0 Å². The van der Waals surface area contributed by atoms with E-state index in [1.165, 1.54) is 4.90 Å². The summed E-state index contributed by atoms with van der Waals surface area (Å²) in [6.07, 6.45) is 1.97. The van der Waals surface area contributed by atoms with Crippen molar-refractivity contribution in [2.75, 3.05) is 26.2 Å². The first-order valence-electron chi connectivity index (χ1n) is 8.21. The van der Waals surface area contributed by atoms with Crippen LogP contribution in [0.5, 0.6) is 0 Å². The van der Waals surface area contributed by atoms with E-state index in [9.17, 15) is 9.59 Å². The molecule has 1 N–H and O–H groups in total. The monoisotopic (exact) mass is 343 g/mol. The number of carbonyl (C=O) groups is 2. The molecule has 3 rings (SSSR count). The molecule has 0 atom stereocenters. The lowest BCUT2D eigenvalue weighted by molar-refractivity contribution is -0.121. The molecule has 1 fully saturated rings. The first-order chi connectivity index (χ1) is 12.1. The van der Waals surface area contributed by atoms with Crippen LogP contribution < -0.4 is 5.32 Å². The molecule has 1 aliphatic heterocycles. The van der Waals surface area contributed by atoms with Crippen LogP contribution in [0.15, 0.2) is 24.4 Å². The van der Waals surface area contributed by atoms with Gasteiger partial charge in [0.25, 0.3) is 0 Å². The summed E-state index contributed by atoms with van der Waals surface area (Å²) in [7, 11) is 0. The van der Waals surface area contributed by atoms with Gasteiger partial charge in [-0.05, 0) is 38.0 Å². The Morgan fingerprint density at radius 1 is 1.36 bits per heavy atom. The minimum absolute atomic E-state index is 0.0317. The molecule has 2 aromatic heterocycles. The highest BCUT2D eigenvalue weighted by Crippen LogP contribution is 2.16. The number of nitrogens with zero attached hydrogens (tertiary/aromatic N) is 4. The number of nitrogens with one attached hydrogen (secondary N) is 1. The van der Waals surface area contributed by atoms with Crippen molar-refractivity contribution in [3.8, 4) is 5.82 Å². The normalized spacial score (nSPS) is 13.8. The zero-order valence-electron chi connectivity index (χ0n) is 14.4. The summed E-state index contributed by atoms with van der Waals surface area (Å²) in [5, 5.41) is 7.38. The largest absolute Gasteiger partial charge is 0.448 e. The zero-order valence-corrected chi connectivity index (χ0v) is 14.4. The summed E-state index contributed by atoms with van der Waals surface area (Å²) in [4.78, 5) is 29.0. The van der Waals surface area contributed by atoms with E-state index in [2.05, 4.69) is 15.4 Å². The van der Waals surface area contributed by atoms with E-state index in [1.54, 1.807) is 6.20 Å². The molecular weight excluding hydrogens is 322 g/mol. The van der Waals surface area contributed by atoms with Gasteiger partial charge in [-0.15, -0.1) is 0 Å². The highest BCUT2D eigenvalue weighted by Gasteiger charge is 2.24. The lowest BCUT2D eigenvalue weighted by atomic mass is 10.1.